The van der Waals surface area contributed by atoms with Crippen LogP contribution in [0.3, 0.4) is 0 Å². The van der Waals surface area contributed by atoms with Gasteiger partial charge in [0.05, 0.1) is 6.61 Å². The number of aliphatic hydroxyl groups is 1. The molecule has 0 radical (unpaired) electrons. The van der Waals surface area contributed by atoms with Crippen LogP contribution in [-0.2, 0) is 19.1 Å². The minimum Gasteiger partial charge on any atom is -0.462 e. The standard InChI is InChI=1S/C42H74O5/c1-3-5-7-9-11-13-15-17-19-21-23-25-27-29-31-33-35-37-42(45)47-40(38-43)39-46-41(44)36-34-32-30-28-26-24-22-20-18-16-14-12-10-8-6-4-2/h11,13,17,19,23,25,29,31,40,43H,3-10,12,14-16,18,20-22,24,26-28,30,32-39H2,1-2H3/b13-11-,19-17-,25-23-,31-29-/t40-/m0/s1. The molecule has 0 rings (SSSR count). The first-order chi connectivity index (χ1) is 23.1. The molecule has 0 unspecified atom stereocenters. The van der Waals surface area contributed by atoms with E-state index < -0.39 is 6.10 Å². The number of carbonyl (C=O) groups is 2. The van der Waals surface area contributed by atoms with Crippen molar-refractivity contribution in [1.29, 1.82) is 0 Å². The zero-order valence-corrected chi connectivity index (χ0v) is 30.8. The minimum absolute atomic E-state index is 0.0862. The van der Waals surface area contributed by atoms with Crippen molar-refractivity contribution in [1.82, 2.24) is 0 Å². The first kappa shape index (κ1) is 44.9. The molecule has 0 aromatic rings. The Balaban J connectivity index is 3.64. The molecule has 0 aliphatic rings. The molecule has 1 atom stereocenters. The van der Waals surface area contributed by atoms with Gasteiger partial charge in [0.2, 0.25) is 0 Å². The molecule has 0 heterocycles. The summed E-state index contributed by atoms with van der Waals surface area (Å²) in [6, 6.07) is 0. The molecular formula is C42H74O5. The van der Waals surface area contributed by atoms with Gasteiger partial charge in [-0.2, -0.15) is 0 Å². The fourth-order valence-electron chi connectivity index (χ4n) is 5.37. The third-order valence-electron chi connectivity index (χ3n) is 8.38. The number of ether oxygens (including phenoxy) is 2. The first-order valence-electron chi connectivity index (χ1n) is 19.7. The summed E-state index contributed by atoms with van der Waals surface area (Å²) in [4.78, 5) is 24.2. The average molecular weight is 659 g/mol. The Labute approximate surface area is 290 Å². The number of hydrogen-bond acceptors (Lipinski definition) is 5. The van der Waals surface area contributed by atoms with Gasteiger partial charge < -0.3 is 14.6 Å². The molecular weight excluding hydrogens is 584 g/mol. The van der Waals surface area contributed by atoms with Gasteiger partial charge in [0, 0.05) is 12.8 Å². The second-order valence-corrected chi connectivity index (χ2v) is 13.0. The van der Waals surface area contributed by atoms with Gasteiger partial charge in [0.25, 0.3) is 0 Å². The van der Waals surface area contributed by atoms with Crippen LogP contribution in [0.1, 0.15) is 187 Å². The van der Waals surface area contributed by atoms with Crippen molar-refractivity contribution in [2.24, 2.45) is 0 Å². The zero-order chi connectivity index (χ0) is 34.3. The van der Waals surface area contributed by atoms with Gasteiger partial charge in [-0.25, -0.2) is 0 Å². The Morgan fingerprint density at radius 2 is 0.872 bits per heavy atom. The van der Waals surface area contributed by atoms with Crippen molar-refractivity contribution >= 4 is 11.9 Å². The van der Waals surface area contributed by atoms with E-state index in [1.54, 1.807) is 0 Å². The summed E-state index contributed by atoms with van der Waals surface area (Å²) in [6.45, 7) is 4.06. The van der Waals surface area contributed by atoms with Crippen LogP contribution in [0.2, 0.25) is 0 Å². The van der Waals surface area contributed by atoms with Crippen LogP contribution in [0.5, 0.6) is 0 Å². The number of allylic oxidation sites excluding steroid dienone is 8. The number of carbonyl (C=O) groups excluding carboxylic acids is 2. The molecule has 0 fully saturated rings. The van der Waals surface area contributed by atoms with E-state index in [2.05, 4.69) is 62.5 Å². The van der Waals surface area contributed by atoms with E-state index >= 15 is 0 Å². The molecule has 0 bridgehead atoms. The molecule has 0 spiro atoms. The lowest BCUT2D eigenvalue weighted by molar-refractivity contribution is -0.161. The van der Waals surface area contributed by atoms with E-state index in [4.69, 9.17) is 9.47 Å². The van der Waals surface area contributed by atoms with E-state index in [-0.39, 0.29) is 31.6 Å². The van der Waals surface area contributed by atoms with Gasteiger partial charge in [-0.05, 0) is 51.4 Å². The molecule has 0 aliphatic heterocycles. The number of aliphatic hydroxyl groups excluding tert-OH is 1. The monoisotopic (exact) mass is 659 g/mol. The molecule has 5 nitrogen and oxygen atoms in total. The van der Waals surface area contributed by atoms with Crippen molar-refractivity contribution < 1.29 is 24.2 Å². The highest BCUT2D eigenvalue weighted by atomic mass is 16.6. The Bertz CT molecular complexity index is 797. The maximum absolute atomic E-state index is 12.1. The summed E-state index contributed by atoms with van der Waals surface area (Å²) >= 11 is 0. The molecule has 0 saturated heterocycles. The Morgan fingerprint density at radius 1 is 0.489 bits per heavy atom. The first-order valence-corrected chi connectivity index (χ1v) is 19.7. The number of rotatable bonds is 35. The third kappa shape index (κ3) is 36.5. The fourth-order valence-corrected chi connectivity index (χ4v) is 5.37. The SMILES string of the molecule is CCCCC/C=C\C/C=C\C/C=C\C/C=C\CCCC(=O)O[C@@H](CO)COC(=O)CCCCCCCCCCCCCCCCCC. The molecule has 0 aromatic carbocycles. The van der Waals surface area contributed by atoms with Gasteiger partial charge in [-0.15, -0.1) is 0 Å². The van der Waals surface area contributed by atoms with Crippen molar-refractivity contribution in [3.8, 4) is 0 Å². The van der Waals surface area contributed by atoms with E-state index in [1.807, 2.05) is 0 Å². The minimum atomic E-state index is -0.797. The van der Waals surface area contributed by atoms with Crippen LogP contribution < -0.4 is 0 Å². The molecule has 47 heavy (non-hydrogen) atoms. The summed E-state index contributed by atoms with van der Waals surface area (Å²) in [7, 11) is 0. The quantitative estimate of drug-likeness (QED) is 0.0417. The third-order valence-corrected chi connectivity index (χ3v) is 8.38. The van der Waals surface area contributed by atoms with Crippen LogP contribution in [0, 0.1) is 0 Å². The maximum atomic E-state index is 12.1. The Kier molecular flexibility index (Phi) is 36.6. The van der Waals surface area contributed by atoms with Gasteiger partial charge >= 0.3 is 11.9 Å². The summed E-state index contributed by atoms with van der Waals surface area (Å²) in [5.74, 6) is -0.654. The summed E-state index contributed by atoms with van der Waals surface area (Å²) in [6.07, 6.45) is 47.4. The number of hydrogen-bond donors (Lipinski definition) is 1. The molecule has 5 heteroatoms. The lowest BCUT2D eigenvalue weighted by atomic mass is 10.0. The van der Waals surface area contributed by atoms with Gasteiger partial charge in [-0.1, -0.05) is 172 Å². The predicted octanol–water partition coefficient (Wildman–Crippen LogP) is 12.2. The molecule has 0 amide bonds. The van der Waals surface area contributed by atoms with Crippen LogP contribution >= 0.6 is 0 Å². The van der Waals surface area contributed by atoms with Crippen molar-refractivity contribution in [3.63, 3.8) is 0 Å². The van der Waals surface area contributed by atoms with Crippen molar-refractivity contribution in [2.75, 3.05) is 13.2 Å². The van der Waals surface area contributed by atoms with Gasteiger partial charge in [0.1, 0.15) is 6.61 Å². The fraction of sp³-hybridized carbons (Fsp3) is 0.762. The second kappa shape index (κ2) is 38.3. The van der Waals surface area contributed by atoms with Crippen LogP contribution in [0.4, 0.5) is 0 Å². The summed E-state index contributed by atoms with van der Waals surface area (Å²) < 4.78 is 10.6. The molecule has 0 aliphatic carbocycles. The highest BCUT2D eigenvalue weighted by Crippen LogP contribution is 2.14. The average Bonchev–Trinajstić information content (AvgIpc) is 3.07. The summed E-state index contributed by atoms with van der Waals surface area (Å²) in [5.41, 5.74) is 0. The van der Waals surface area contributed by atoms with Crippen molar-refractivity contribution in [2.45, 2.75) is 193 Å². The smallest absolute Gasteiger partial charge is 0.306 e. The van der Waals surface area contributed by atoms with Crippen LogP contribution in [0.25, 0.3) is 0 Å². The summed E-state index contributed by atoms with van der Waals surface area (Å²) in [5, 5.41) is 9.54. The van der Waals surface area contributed by atoms with E-state index in [1.165, 1.54) is 109 Å². The predicted molar refractivity (Wildman–Crippen MR) is 200 cm³/mol. The lowest BCUT2D eigenvalue weighted by Gasteiger charge is -2.15. The highest BCUT2D eigenvalue weighted by molar-refractivity contribution is 5.70. The van der Waals surface area contributed by atoms with Crippen LogP contribution in [0.15, 0.2) is 48.6 Å². The molecule has 1 N–H and O–H groups in total. The van der Waals surface area contributed by atoms with Gasteiger partial charge in [-0.3, -0.25) is 9.59 Å². The number of esters is 2. The van der Waals surface area contributed by atoms with E-state index in [9.17, 15) is 14.7 Å². The molecule has 272 valence electrons. The Morgan fingerprint density at radius 3 is 1.34 bits per heavy atom. The van der Waals surface area contributed by atoms with E-state index in [0.29, 0.717) is 12.8 Å². The number of unbranched alkanes of at least 4 members (excludes halogenated alkanes) is 19. The molecule has 0 saturated carbocycles. The lowest BCUT2D eigenvalue weighted by Crippen LogP contribution is -2.28. The van der Waals surface area contributed by atoms with Crippen molar-refractivity contribution in [3.05, 3.63) is 48.6 Å². The zero-order valence-electron chi connectivity index (χ0n) is 30.8. The Hall–Kier alpha value is -2.14. The van der Waals surface area contributed by atoms with Gasteiger partial charge in [0.15, 0.2) is 6.10 Å². The largest absolute Gasteiger partial charge is 0.462 e. The molecule has 0 aromatic heterocycles. The normalized spacial score (nSPS) is 12.7. The topological polar surface area (TPSA) is 72.8 Å². The van der Waals surface area contributed by atoms with Crippen LogP contribution in [-0.4, -0.2) is 36.4 Å². The maximum Gasteiger partial charge on any atom is 0.306 e. The highest BCUT2D eigenvalue weighted by Gasteiger charge is 2.15. The van der Waals surface area contributed by atoms with E-state index in [0.717, 1.165) is 44.9 Å². The second-order valence-electron chi connectivity index (χ2n) is 13.0.